The molecule has 0 aliphatic carbocycles. The average Bonchev–Trinajstić information content (AvgIpc) is 2.46. The van der Waals surface area contributed by atoms with Gasteiger partial charge in [-0.05, 0) is 47.9 Å². The van der Waals surface area contributed by atoms with E-state index in [1.54, 1.807) is 0 Å². The SMILES string of the molecule is CC(C)c1cccc(/N=N/c2ccc(N(C)C)cc2)c1. The van der Waals surface area contributed by atoms with Crippen LogP contribution in [-0.2, 0) is 0 Å². The van der Waals surface area contributed by atoms with E-state index >= 15 is 0 Å². The van der Waals surface area contributed by atoms with E-state index in [1.165, 1.54) is 5.56 Å². The molecule has 0 bridgehead atoms. The van der Waals surface area contributed by atoms with Gasteiger partial charge in [0.05, 0.1) is 11.4 Å². The fourth-order valence-corrected chi connectivity index (χ4v) is 1.88. The highest BCUT2D eigenvalue weighted by Gasteiger charge is 1.99. The lowest BCUT2D eigenvalue weighted by Gasteiger charge is -2.11. The monoisotopic (exact) mass is 267 g/mol. The summed E-state index contributed by atoms with van der Waals surface area (Å²) in [7, 11) is 4.04. The van der Waals surface area contributed by atoms with Crippen molar-refractivity contribution in [2.24, 2.45) is 10.2 Å². The lowest BCUT2D eigenvalue weighted by atomic mass is 10.0. The first-order chi connectivity index (χ1) is 9.56. The maximum Gasteiger partial charge on any atom is 0.0859 e. The third kappa shape index (κ3) is 3.67. The lowest BCUT2D eigenvalue weighted by Crippen LogP contribution is -2.07. The van der Waals surface area contributed by atoms with Gasteiger partial charge < -0.3 is 4.90 Å². The van der Waals surface area contributed by atoms with Crippen LogP contribution in [0.15, 0.2) is 58.8 Å². The minimum Gasteiger partial charge on any atom is -0.378 e. The number of nitrogens with zero attached hydrogens (tertiary/aromatic N) is 3. The van der Waals surface area contributed by atoms with Crippen LogP contribution in [0.2, 0.25) is 0 Å². The summed E-state index contributed by atoms with van der Waals surface area (Å²) in [5.74, 6) is 0.504. The quantitative estimate of drug-likeness (QED) is 0.691. The van der Waals surface area contributed by atoms with Crippen LogP contribution in [-0.4, -0.2) is 14.1 Å². The number of anilines is 1. The van der Waals surface area contributed by atoms with Crippen LogP contribution >= 0.6 is 0 Å². The Morgan fingerprint density at radius 3 is 2.10 bits per heavy atom. The van der Waals surface area contributed by atoms with E-state index in [2.05, 4.69) is 41.1 Å². The molecular formula is C17H21N3. The normalized spacial score (nSPS) is 11.2. The molecule has 0 aromatic heterocycles. The van der Waals surface area contributed by atoms with Crippen LogP contribution in [0.3, 0.4) is 0 Å². The maximum atomic E-state index is 4.31. The summed E-state index contributed by atoms with van der Waals surface area (Å²) >= 11 is 0. The molecule has 3 heteroatoms. The summed E-state index contributed by atoms with van der Waals surface area (Å²) in [6, 6.07) is 16.2. The molecule has 0 saturated heterocycles. The maximum absolute atomic E-state index is 4.31. The van der Waals surface area contributed by atoms with E-state index in [0.717, 1.165) is 17.1 Å². The molecule has 0 aliphatic heterocycles. The molecule has 0 spiro atoms. The minimum absolute atomic E-state index is 0.504. The molecule has 0 unspecified atom stereocenters. The van der Waals surface area contributed by atoms with Gasteiger partial charge in [0.25, 0.3) is 0 Å². The summed E-state index contributed by atoms with van der Waals surface area (Å²) < 4.78 is 0. The Bertz CT molecular complexity index is 583. The Morgan fingerprint density at radius 2 is 1.50 bits per heavy atom. The summed E-state index contributed by atoms with van der Waals surface area (Å²) in [6.07, 6.45) is 0. The van der Waals surface area contributed by atoms with Crippen molar-refractivity contribution in [3.05, 3.63) is 54.1 Å². The Labute approximate surface area is 121 Å². The Balaban J connectivity index is 2.14. The van der Waals surface area contributed by atoms with E-state index in [0.29, 0.717) is 5.92 Å². The van der Waals surface area contributed by atoms with E-state index in [9.17, 15) is 0 Å². The zero-order chi connectivity index (χ0) is 14.5. The van der Waals surface area contributed by atoms with Gasteiger partial charge in [-0.2, -0.15) is 10.2 Å². The topological polar surface area (TPSA) is 28.0 Å². The average molecular weight is 267 g/mol. The molecule has 0 aliphatic rings. The van der Waals surface area contributed by atoms with Crippen molar-refractivity contribution in [1.29, 1.82) is 0 Å². The Kier molecular flexibility index (Phi) is 4.51. The van der Waals surface area contributed by atoms with Crippen molar-refractivity contribution in [2.75, 3.05) is 19.0 Å². The van der Waals surface area contributed by atoms with Crippen molar-refractivity contribution >= 4 is 17.1 Å². The number of azo groups is 1. The Hall–Kier alpha value is -2.16. The summed E-state index contributed by atoms with van der Waals surface area (Å²) in [4.78, 5) is 2.06. The van der Waals surface area contributed by atoms with Crippen molar-refractivity contribution in [1.82, 2.24) is 0 Å². The van der Waals surface area contributed by atoms with Gasteiger partial charge in [0.15, 0.2) is 0 Å². The molecule has 2 aromatic rings. The van der Waals surface area contributed by atoms with Crippen LogP contribution in [0.4, 0.5) is 17.1 Å². The molecule has 0 heterocycles. The van der Waals surface area contributed by atoms with Crippen molar-refractivity contribution in [3.8, 4) is 0 Å². The third-order valence-electron chi connectivity index (χ3n) is 3.18. The fourth-order valence-electron chi connectivity index (χ4n) is 1.88. The molecule has 2 aromatic carbocycles. The zero-order valence-electron chi connectivity index (χ0n) is 12.5. The van der Waals surface area contributed by atoms with E-state index in [1.807, 2.05) is 50.5 Å². The zero-order valence-corrected chi connectivity index (χ0v) is 12.5. The van der Waals surface area contributed by atoms with Crippen LogP contribution in [0, 0.1) is 0 Å². The molecule has 104 valence electrons. The highest BCUT2D eigenvalue weighted by atomic mass is 15.1. The highest BCUT2D eigenvalue weighted by Crippen LogP contribution is 2.24. The first kappa shape index (κ1) is 14.3. The van der Waals surface area contributed by atoms with E-state index in [4.69, 9.17) is 0 Å². The molecule has 0 radical (unpaired) electrons. The second-order valence-corrected chi connectivity index (χ2v) is 5.36. The number of rotatable bonds is 4. The first-order valence-corrected chi connectivity index (χ1v) is 6.85. The predicted molar refractivity (Wildman–Crippen MR) is 85.5 cm³/mol. The summed E-state index contributed by atoms with van der Waals surface area (Å²) in [6.45, 7) is 4.35. The molecule has 0 atom stereocenters. The van der Waals surface area contributed by atoms with E-state index in [-0.39, 0.29) is 0 Å². The van der Waals surface area contributed by atoms with Crippen molar-refractivity contribution in [3.63, 3.8) is 0 Å². The molecule has 0 amide bonds. The molecule has 3 nitrogen and oxygen atoms in total. The second kappa shape index (κ2) is 6.33. The highest BCUT2D eigenvalue weighted by molar-refractivity contribution is 5.52. The predicted octanol–water partition coefficient (Wildman–Crippen LogP) is 5.29. The van der Waals surface area contributed by atoms with Crippen LogP contribution in [0.5, 0.6) is 0 Å². The molecule has 0 saturated carbocycles. The van der Waals surface area contributed by atoms with Crippen LogP contribution < -0.4 is 4.90 Å². The molecular weight excluding hydrogens is 246 g/mol. The molecule has 20 heavy (non-hydrogen) atoms. The van der Waals surface area contributed by atoms with Gasteiger partial charge in [-0.25, -0.2) is 0 Å². The van der Waals surface area contributed by atoms with Gasteiger partial charge in [-0.1, -0.05) is 26.0 Å². The molecule has 2 rings (SSSR count). The van der Waals surface area contributed by atoms with Gasteiger partial charge >= 0.3 is 0 Å². The standard InChI is InChI=1S/C17H21N3/c1-13(2)14-6-5-7-16(12-14)19-18-15-8-10-17(11-9-15)20(3)4/h5-13H,1-4H3/b19-18+. The van der Waals surface area contributed by atoms with Crippen LogP contribution in [0.25, 0.3) is 0 Å². The van der Waals surface area contributed by atoms with Gasteiger partial charge in [-0.3, -0.25) is 0 Å². The fraction of sp³-hybridized carbons (Fsp3) is 0.294. The first-order valence-electron chi connectivity index (χ1n) is 6.85. The summed E-state index contributed by atoms with van der Waals surface area (Å²) in [5, 5.41) is 8.59. The minimum atomic E-state index is 0.504. The second-order valence-electron chi connectivity index (χ2n) is 5.36. The van der Waals surface area contributed by atoms with Crippen molar-refractivity contribution in [2.45, 2.75) is 19.8 Å². The number of benzene rings is 2. The number of hydrogen-bond donors (Lipinski definition) is 0. The van der Waals surface area contributed by atoms with Gasteiger partial charge in [0, 0.05) is 19.8 Å². The van der Waals surface area contributed by atoms with Crippen molar-refractivity contribution < 1.29 is 0 Å². The van der Waals surface area contributed by atoms with Crippen LogP contribution in [0.1, 0.15) is 25.3 Å². The van der Waals surface area contributed by atoms with Gasteiger partial charge in [-0.15, -0.1) is 0 Å². The largest absolute Gasteiger partial charge is 0.378 e. The lowest BCUT2D eigenvalue weighted by molar-refractivity contribution is 0.866. The molecule has 0 N–H and O–H groups in total. The summed E-state index contributed by atoms with van der Waals surface area (Å²) in [5.41, 5.74) is 4.20. The number of hydrogen-bond acceptors (Lipinski definition) is 3. The molecule has 0 fully saturated rings. The third-order valence-corrected chi connectivity index (χ3v) is 3.18. The Morgan fingerprint density at radius 1 is 0.850 bits per heavy atom. The van der Waals surface area contributed by atoms with E-state index < -0.39 is 0 Å². The smallest absolute Gasteiger partial charge is 0.0859 e. The van der Waals surface area contributed by atoms with Gasteiger partial charge in [0.1, 0.15) is 0 Å². The van der Waals surface area contributed by atoms with Gasteiger partial charge in [0.2, 0.25) is 0 Å².